The Kier molecular flexibility index (Phi) is 6.24. The number of fused-ring (bicyclic) bond motifs is 1. The van der Waals surface area contributed by atoms with Crippen LogP contribution in [0.4, 0.5) is 0 Å². The van der Waals surface area contributed by atoms with Crippen molar-refractivity contribution in [2.24, 2.45) is 0 Å². The molecule has 0 saturated carbocycles. The molecular formula is C21H30N4O3. The molecule has 2 aliphatic heterocycles. The summed E-state index contributed by atoms with van der Waals surface area (Å²) < 4.78 is 13.3. The predicted octanol–water partition coefficient (Wildman–Crippen LogP) is 2.20. The smallest absolute Gasteiger partial charge is 0.274 e. The number of hydrogen-bond acceptors (Lipinski definition) is 5. The maximum Gasteiger partial charge on any atom is 0.274 e. The summed E-state index contributed by atoms with van der Waals surface area (Å²) >= 11 is 0. The van der Waals surface area contributed by atoms with E-state index in [2.05, 4.69) is 16.9 Å². The van der Waals surface area contributed by atoms with Gasteiger partial charge in [0.1, 0.15) is 5.65 Å². The third-order valence-corrected chi connectivity index (χ3v) is 5.66. The zero-order chi connectivity index (χ0) is 19.3. The number of amides is 1. The van der Waals surface area contributed by atoms with Crippen LogP contribution >= 0.6 is 0 Å². The summed E-state index contributed by atoms with van der Waals surface area (Å²) in [6, 6.07) is 5.89. The van der Waals surface area contributed by atoms with Gasteiger partial charge in [0.15, 0.2) is 5.69 Å². The van der Waals surface area contributed by atoms with E-state index in [1.165, 1.54) is 12.8 Å². The van der Waals surface area contributed by atoms with Gasteiger partial charge in [0.05, 0.1) is 25.0 Å². The Balaban J connectivity index is 1.50. The lowest BCUT2D eigenvalue weighted by Gasteiger charge is -2.27. The molecule has 2 fully saturated rings. The minimum atomic E-state index is 0.00557. The second-order valence-corrected chi connectivity index (χ2v) is 7.76. The van der Waals surface area contributed by atoms with Gasteiger partial charge in [0.25, 0.3) is 5.91 Å². The molecule has 0 unspecified atom stereocenters. The van der Waals surface area contributed by atoms with E-state index in [9.17, 15) is 4.79 Å². The van der Waals surface area contributed by atoms with Gasteiger partial charge in [-0.25, -0.2) is 4.98 Å². The van der Waals surface area contributed by atoms with Crippen LogP contribution in [-0.4, -0.2) is 77.7 Å². The third-order valence-electron chi connectivity index (χ3n) is 5.66. The van der Waals surface area contributed by atoms with Crippen LogP contribution in [0.3, 0.4) is 0 Å². The van der Waals surface area contributed by atoms with Crippen molar-refractivity contribution in [3.8, 4) is 0 Å². The van der Waals surface area contributed by atoms with E-state index < -0.39 is 0 Å². The van der Waals surface area contributed by atoms with Gasteiger partial charge < -0.3 is 23.7 Å². The molecule has 28 heavy (non-hydrogen) atoms. The van der Waals surface area contributed by atoms with E-state index >= 15 is 0 Å². The van der Waals surface area contributed by atoms with Crippen LogP contribution in [0.25, 0.3) is 5.65 Å². The monoisotopic (exact) mass is 386 g/mol. The third kappa shape index (κ3) is 4.37. The van der Waals surface area contributed by atoms with Crippen molar-refractivity contribution in [3.63, 3.8) is 0 Å². The zero-order valence-electron chi connectivity index (χ0n) is 16.7. The fourth-order valence-corrected chi connectivity index (χ4v) is 4.02. The number of carbonyl (C=O) groups is 1. The Morgan fingerprint density at radius 3 is 2.89 bits per heavy atom. The highest BCUT2D eigenvalue weighted by Gasteiger charge is 2.26. The maximum atomic E-state index is 13.1. The summed E-state index contributed by atoms with van der Waals surface area (Å²) in [4.78, 5) is 21.9. The average Bonchev–Trinajstić information content (AvgIpc) is 3.11. The molecule has 2 aliphatic rings. The number of imidazole rings is 1. The molecule has 152 valence electrons. The first kappa shape index (κ1) is 19.4. The first-order valence-electron chi connectivity index (χ1n) is 10.4. The van der Waals surface area contributed by atoms with Crippen LogP contribution in [0.2, 0.25) is 0 Å². The summed E-state index contributed by atoms with van der Waals surface area (Å²) in [5.41, 5.74) is 2.34. The van der Waals surface area contributed by atoms with Gasteiger partial charge in [-0.2, -0.15) is 0 Å². The largest absolute Gasteiger partial charge is 0.378 e. The molecule has 0 aromatic carbocycles. The second-order valence-electron chi connectivity index (χ2n) is 7.76. The Labute approximate surface area is 166 Å². The van der Waals surface area contributed by atoms with E-state index in [-0.39, 0.29) is 5.91 Å². The number of pyridine rings is 1. The number of hydrogen-bond donors (Lipinski definition) is 0. The number of aromatic nitrogens is 2. The van der Waals surface area contributed by atoms with Crippen molar-refractivity contribution in [1.29, 1.82) is 0 Å². The number of rotatable bonds is 6. The summed E-state index contributed by atoms with van der Waals surface area (Å²) in [6.45, 7) is 4.95. The van der Waals surface area contributed by atoms with Gasteiger partial charge in [-0.05, 0) is 44.9 Å². The van der Waals surface area contributed by atoms with Crippen molar-refractivity contribution < 1.29 is 14.3 Å². The van der Waals surface area contributed by atoms with Crippen LogP contribution in [0.5, 0.6) is 0 Å². The fourth-order valence-electron chi connectivity index (χ4n) is 4.02. The normalized spacial score (nSPS) is 20.8. The SMILES string of the molecule is CN(CC[C@@H]1CCCCO1)Cc1c(C(=O)N2CCOCC2)nc2ccccn12. The van der Waals surface area contributed by atoms with Crippen molar-refractivity contribution in [3.05, 3.63) is 35.8 Å². The van der Waals surface area contributed by atoms with Crippen molar-refractivity contribution in [2.75, 3.05) is 46.5 Å². The molecule has 0 bridgehead atoms. The Hall–Kier alpha value is -1.96. The number of carbonyl (C=O) groups excluding carboxylic acids is 1. The lowest BCUT2D eigenvalue weighted by molar-refractivity contribution is 0.00631. The molecular weight excluding hydrogens is 356 g/mol. The zero-order valence-corrected chi connectivity index (χ0v) is 16.7. The number of morpholine rings is 1. The summed E-state index contributed by atoms with van der Waals surface area (Å²) in [5, 5.41) is 0. The molecule has 0 aliphatic carbocycles. The molecule has 4 rings (SSSR count). The lowest BCUT2D eigenvalue weighted by Crippen LogP contribution is -2.41. The molecule has 7 nitrogen and oxygen atoms in total. The molecule has 0 N–H and O–H groups in total. The maximum absolute atomic E-state index is 13.1. The fraction of sp³-hybridized carbons (Fsp3) is 0.619. The molecule has 4 heterocycles. The van der Waals surface area contributed by atoms with Gasteiger partial charge in [-0.3, -0.25) is 4.79 Å². The minimum Gasteiger partial charge on any atom is -0.378 e. The van der Waals surface area contributed by atoms with Crippen LogP contribution in [-0.2, 0) is 16.0 Å². The van der Waals surface area contributed by atoms with Crippen molar-refractivity contribution in [2.45, 2.75) is 38.3 Å². The Morgan fingerprint density at radius 1 is 1.25 bits per heavy atom. The van der Waals surface area contributed by atoms with E-state index in [1.54, 1.807) is 0 Å². The van der Waals surface area contributed by atoms with Crippen LogP contribution in [0.1, 0.15) is 41.9 Å². The summed E-state index contributed by atoms with van der Waals surface area (Å²) in [5.74, 6) is 0.00557. The van der Waals surface area contributed by atoms with E-state index in [0.29, 0.717) is 44.6 Å². The molecule has 7 heteroatoms. The first-order valence-corrected chi connectivity index (χ1v) is 10.4. The first-order chi connectivity index (χ1) is 13.7. The van der Waals surface area contributed by atoms with Gasteiger partial charge >= 0.3 is 0 Å². The highest BCUT2D eigenvalue weighted by molar-refractivity contribution is 5.94. The van der Waals surface area contributed by atoms with Gasteiger partial charge in [-0.1, -0.05) is 6.07 Å². The van der Waals surface area contributed by atoms with Gasteiger partial charge in [-0.15, -0.1) is 0 Å². The van der Waals surface area contributed by atoms with E-state index in [0.717, 1.165) is 37.3 Å². The van der Waals surface area contributed by atoms with Crippen LogP contribution in [0, 0.1) is 0 Å². The number of nitrogens with zero attached hydrogens (tertiary/aromatic N) is 4. The van der Waals surface area contributed by atoms with Crippen molar-refractivity contribution >= 4 is 11.6 Å². The summed E-state index contributed by atoms with van der Waals surface area (Å²) in [6.07, 6.45) is 6.99. The average molecular weight is 386 g/mol. The molecule has 0 radical (unpaired) electrons. The highest BCUT2D eigenvalue weighted by atomic mass is 16.5. The minimum absolute atomic E-state index is 0.00557. The number of ether oxygens (including phenoxy) is 2. The summed E-state index contributed by atoms with van der Waals surface area (Å²) in [7, 11) is 2.11. The lowest BCUT2D eigenvalue weighted by atomic mass is 10.1. The molecule has 0 spiro atoms. The second kappa shape index (κ2) is 9.03. The van der Waals surface area contributed by atoms with E-state index in [1.807, 2.05) is 33.7 Å². The molecule has 2 aromatic heterocycles. The van der Waals surface area contributed by atoms with Gasteiger partial charge in [0.2, 0.25) is 0 Å². The van der Waals surface area contributed by atoms with Crippen LogP contribution < -0.4 is 0 Å². The highest BCUT2D eigenvalue weighted by Crippen LogP contribution is 2.19. The Morgan fingerprint density at radius 2 is 2.11 bits per heavy atom. The van der Waals surface area contributed by atoms with Crippen molar-refractivity contribution in [1.82, 2.24) is 19.2 Å². The van der Waals surface area contributed by atoms with E-state index in [4.69, 9.17) is 9.47 Å². The van der Waals surface area contributed by atoms with Gasteiger partial charge in [0, 0.05) is 39.0 Å². The van der Waals surface area contributed by atoms with Crippen LogP contribution in [0.15, 0.2) is 24.4 Å². The standard InChI is InChI=1S/C21H30N4O3/c1-23(10-8-17-6-3-5-13-28-17)16-18-20(21(26)24-11-14-27-15-12-24)22-19-7-2-4-9-25(18)19/h2,4,7,9,17H,3,5-6,8,10-16H2,1H3/t17-/m0/s1. The molecule has 2 saturated heterocycles. The molecule has 1 amide bonds. The molecule has 1 atom stereocenters. The Bertz CT molecular complexity index is 794. The predicted molar refractivity (Wildman–Crippen MR) is 106 cm³/mol. The quantitative estimate of drug-likeness (QED) is 0.762. The topological polar surface area (TPSA) is 59.3 Å². The molecule has 2 aromatic rings.